The van der Waals surface area contributed by atoms with Gasteiger partial charge in [-0.15, -0.1) is 0 Å². The monoisotopic (exact) mass is 374 g/mol. The van der Waals surface area contributed by atoms with Gasteiger partial charge in [0, 0.05) is 2.74 Å². The number of hydrogen-bond acceptors (Lipinski definition) is 4. The second-order valence-electron chi connectivity index (χ2n) is 5.37. The maximum atomic E-state index is 10.5. The average molecular weight is 375 g/mol. The van der Waals surface area contributed by atoms with Crippen LogP contribution in [-0.2, 0) is 6.42 Å². The van der Waals surface area contributed by atoms with Crippen LogP contribution in [-0.4, -0.2) is 31.8 Å². The van der Waals surface area contributed by atoms with Crippen molar-refractivity contribution in [3.05, 3.63) is 52.9 Å². The highest BCUT2D eigenvalue weighted by atomic mass is 16.5. The molecule has 0 aliphatic carbocycles. The summed E-state index contributed by atoms with van der Waals surface area (Å²) >= 11 is 0. The summed E-state index contributed by atoms with van der Waals surface area (Å²) in [6, 6.07) is -3.89. The molecular weight excluding hydrogens is 328 g/mol. The summed E-state index contributed by atoms with van der Waals surface area (Å²) in [6.07, 6.45) is -6.43. The minimum absolute atomic E-state index is 0.274. The van der Waals surface area contributed by atoms with Gasteiger partial charge in [0.15, 0.2) is 11.5 Å². The molecule has 4 heteroatoms. The predicted molar refractivity (Wildman–Crippen MR) is 105 cm³/mol. The van der Waals surface area contributed by atoms with E-state index in [0.29, 0.717) is 5.56 Å². The van der Waals surface area contributed by atoms with E-state index in [1.165, 1.54) is 13.8 Å². The van der Waals surface area contributed by atoms with E-state index in [0.717, 1.165) is 0 Å². The molecule has 0 saturated carbocycles. The third-order valence-electron chi connectivity index (χ3n) is 3.42. The zero-order chi connectivity index (χ0) is 32.7. The van der Waals surface area contributed by atoms with E-state index in [1.807, 2.05) is 0 Å². The number of aliphatic hydroxyl groups is 1. The van der Waals surface area contributed by atoms with Crippen LogP contribution >= 0.6 is 0 Å². The highest BCUT2D eigenvalue weighted by Crippen LogP contribution is 2.28. The number of hydrogen-bond donors (Lipinski definition) is 1. The van der Waals surface area contributed by atoms with E-state index >= 15 is 0 Å². The fourth-order valence-electron chi connectivity index (χ4n) is 1.87. The Balaban J connectivity index is 2.35. The molecule has 142 valence electrons. The van der Waals surface area contributed by atoms with Crippen LogP contribution in [0.1, 0.15) is 57.8 Å². The van der Waals surface area contributed by atoms with Crippen LogP contribution in [0.5, 0.6) is 17.2 Å². The van der Waals surface area contributed by atoms with Gasteiger partial charge in [-0.2, -0.15) is 0 Å². The Hall–Kier alpha value is -2.20. The molecule has 0 bridgehead atoms. The minimum atomic E-state index is -3.22. The van der Waals surface area contributed by atoms with Crippen LogP contribution in [0, 0.1) is 13.8 Å². The van der Waals surface area contributed by atoms with Gasteiger partial charge < -0.3 is 19.3 Å². The fraction of sp³-hybridized carbons (Fsp3) is 0.455. The summed E-state index contributed by atoms with van der Waals surface area (Å²) in [5, 5.41) is 10.5. The molecule has 2 rings (SSSR count). The van der Waals surface area contributed by atoms with Crippen LogP contribution in [0.25, 0.3) is 0 Å². The number of aliphatic hydroxyl groups excluding tert-OH is 1. The SMILES string of the molecule is [2H]c1c([2H])c(OC([2H])([2H])C(O)CCC([2H])([2H])Cc2c([2H])c([2H])c(OC([2H])([2H])[2H])c(OC([2H])([2H])[2H])c2[2H])c([2H])c(C)c1C. The Morgan fingerprint density at radius 2 is 1.88 bits per heavy atom. The Labute approximate surface area is 179 Å². The standard InChI is InChI=1S/C22H30O4/c1-16-9-11-20(13-17(16)2)26-15-19(23)8-6-5-7-18-10-12-21(24-3)22(14-18)25-4/h9-14,19,23H,5-8,15H2,1-4H3/i3D3,4D3,5D2,9D,10D,11D,12D,13D,14D,15D2. The number of ether oxygens (including phenoxy) is 3. The van der Waals surface area contributed by atoms with Crippen molar-refractivity contribution in [2.24, 2.45) is 0 Å². The Morgan fingerprint density at radius 3 is 2.69 bits per heavy atom. The second-order valence-corrected chi connectivity index (χ2v) is 5.37. The van der Waals surface area contributed by atoms with Crippen LogP contribution in [0.3, 0.4) is 0 Å². The fourth-order valence-corrected chi connectivity index (χ4v) is 1.87. The van der Waals surface area contributed by atoms with E-state index < -0.39 is 99.4 Å². The van der Waals surface area contributed by atoms with Gasteiger partial charge in [-0.3, -0.25) is 0 Å². The lowest BCUT2D eigenvalue weighted by atomic mass is 10.0. The van der Waals surface area contributed by atoms with Crippen molar-refractivity contribution in [2.75, 3.05) is 20.6 Å². The Bertz CT molecular complexity index is 1290. The van der Waals surface area contributed by atoms with Crippen molar-refractivity contribution in [2.45, 2.75) is 45.6 Å². The summed E-state index contributed by atoms with van der Waals surface area (Å²) in [5.74, 6) is -2.57. The molecule has 0 radical (unpaired) electrons. The molecule has 2 aromatic rings. The van der Waals surface area contributed by atoms with E-state index in [4.69, 9.17) is 31.4 Å². The highest BCUT2D eigenvalue weighted by Gasteiger charge is 2.07. The van der Waals surface area contributed by atoms with Crippen molar-refractivity contribution < 1.29 is 41.2 Å². The van der Waals surface area contributed by atoms with Crippen molar-refractivity contribution in [3.63, 3.8) is 0 Å². The molecule has 1 atom stereocenters. The highest BCUT2D eigenvalue weighted by molar-refractivity contribution is 5.42. The van der Waals surface area contributed by atoms with Gasteiger partial charge in [0.05, 0.1) is 39.4 Å². The summed E-state index contributed by atoms with van der Waals surface area (Å²) in [6.45, 7) is 0.0755. The predicted octanol–water partition coefficient (Wildman–Crippen LogP) is 4.47. The van der Waals surface area contributed by atoms with Crippen LogP contribution < -0.4 is 14.2 Å². The third kappa shape index (κ3) is 5.95. The molecule has 0 saturated heterocycles. The number of methoxy groups -OCH3 is 2. The lowest BCUT2D eigenvalue weighted by molar-refractivity contribution is 0.0976. The van der Waals surface area contributed by atoms with Crippen LogP contribution in [0.2, 0.25) is 0 Å². The maximum Gasteiger partial charge on any atom is 0.160 e. The Morgan fingerprint density at radius 1 is 1.08 bits per heavy atom. The molecule has 1 N–H and O–H groups in total. The molecule has 0 aliphatic heterocycles. The van der Waals surface area contributed by atoms with Gasteiger partial charge in [-0.25, -0.2) is 0 Å². The summed E-state index contributed by atoms with van der Waals surface area (Å²) in [7, 11) is -6.42. The van der Waals surface area contributed by atoms with Crippen LogP contribution in [0.15, 0.2) is 36.3 Å². The normalized spacial score (nSPS) is 22.9. The van der Waals surface area contributed by atoms with E-state index in [9.17, 15) is 5.11 Å². The molecule has 0 aromatic heterocycles. The largest absolute Gasteiger partial charge is 0.493 e. The van der Waals surface area contributed by atoms with Gasteiger partial charge in [-0.1, -0.05) is 18.5 Å². The summed E-state index contributed by atoms with van der Waals surface area (Å²) < 4.78 is 140. The van der Waals surface area contributed by atoms with Gasteiger partial charge >= 0.3 is 0 Å². The van der Waals surface area contributed by atoms with Gasteiger partial charge in [0.25, 0.3) is 0 Å². The maximum absolute atomic E-state index is 10.5. The van der Waals surface area contributed by atoms with Gasteiger partial charge in [0.2, 0.25) is 0 Å². The van der Waals surface area contributed by atoms with Crippen LogP contribution in [0.4, 0.5) is 0 Å². The van der Waals surface area contributed by atoms with Crippen molar-refractivity contribution in [1.29, 1.82) is 0 Å². The molecule has 0 spiro atoms. The van der Waals surface area contributed by atoms with Crippen molar-refractivity contribution >= 4 is 0 Å². The summed E-state index contributed by atoms with van der Waals surface area (Å²) in [4.78, 5) is 0. The molecule has 26 heavy (non-hydrogen) atoms. The first-order valence-electron chi connectivity index (χ1n) is 15.7. The van der Waals surface area contributed by atoms with Gasteiger partial charge in [0.1, 0.15) is 12.3 Å². The zero-order valence-corrected chi connectivity index (χ0v) is 14.4. The summed E-state index contributed by atoms with van der Waals surface area (Å²) in [5.41, 5.74) is 0.0815. The lowest BCUT2D eigenvalue weighted by Gasteiger charge is -2.13. The van der Waals surface area contributed by atoms with E-state index in [1.54, 1.807) is 0 Å². The lowest BCUT2D eigenvalue weighted by Crippen LogP contribution is -2.17. The molecule has 0 amide bonds. The molecule has 1 unspecified atom stereocenters. The zero-order valence-electron chi connectivity index (χ0n) is 30.4. The smallest absolute Gasteiger partial charge is 0.160 e. The second kappa shape index (κ2) is 10.1. The van der Waals surface area contributed by atoms with Gasteiger partial charge in [-0.05, 0) is 73.9 Å². The minimum Gasteiger partial charge on any atom is -0.493 e. The first-order chi connectivity index (χ1) is 18.8. The quantitative estimate of drug-likeness (QED) is 0.666. The topological polar surface area (TPSA) is 47.9 Å². The molecular formula is C22H30O4. The number of benzene rings is 2. The first kappa shape index (κ1) is 7.43. The Kier molecular flexibility index (Phi) is 2.88. The van der Waals surface area contributed by atoms with E-state index in [-0.39, 0.29) is 17.6 Å². The number of rotatable bonds is 10. The third-order valence-corrected chi connectivity index (χ3v) is 3.42. The van der Waals surface area contributed by atoms with E-state index in [2.05, 4.69) is 4.74 Å². The molecule has 0 aliphatic rings. The van der Waals surface area contributed by atoms with Crippen molar-refractivity contribution in [3.8, 4) is 17.2 Å². The average Bonchev–Trinajstić information content (AvgIpc) is 2.84. The molecule has 0 heterocycles. The van der Waals surface area contributed by atoms with Crippen molar-refractivity contribution in [1.82, 2.24) is 0 Å². The molecule has 2 aromatic carbocycles. The molecule has 0 fully saturated rings. The first-order valence-corrected chi connectivity index (χ1v) is 7.74. The molecule has 4 nitrogen and oxygen atoms in total.